The highest BCUT2D eigenvalue weighted by Crippen LogP contribution is 2.28. The van der Waals surface area contributed by atoms with Crippen molar-refractivity contribution in [1.29, 1.82) is 0 Å². The minimum absolute atomic E-state index is 0.277. The molecule has 0 bridgehead atoms. The van der Waals surface area contributed by atoms with E-state index in [1.54, 1.807) is 0 Å². The van der Waals surface area contributed by atoms with E-state index in [9.17, 15) is 0 Å². The van der Waals surface area contributed by atoms with Gasteiger partial charge in [0, 0.05) is 19.8 Å². The normalized spacial score (nSPS) is 15.3. The van der Waals surface area contributed by atoms with Gasteiger partial charge < -0.3 is 20.2 Å². The smallest absolute Gasteiger partial charge is 0.315 e. The van der Waals surface area contributed by atoms with E-state index in [-0.39, 0.29) is 6.54 Å². The Kier molecular flexibility index (Phi) is 4.12. The van der Waals surface area contributed by atoms with E-state index < -0.39 is 0 Å². The molecule has 6 heteroatoms. The van der Waals surface area contributed by atoms with Crippen LogP contribution < -0.4 is 11.1 Å². The van der Waals surface area contributed by atoms with Crippen LogP contribution in [0.2, 0.25) is 0 Å². The van der Waals surface area contributed by atoms with E-state index >= 15 is 0 Å². The summed E-state index contributed by atoms with van der Waals surface area (Å²) in [5.41, 5.74) is 5.35. The number of hydrogen-bond donors (Lipinski definition) is 2. The molecule has 0 unspecified atom stereocenters. The fraction of sp³-hybridized carbons (Fsp3) is 0.800. The molecule has 3 N–H and O–H groups in total. The second-order valence-corrected chi connectivity index (χ2v) is 4.00. The van der Waals surface area contributed by atoms with Gasteiger partial charge in [-0.3, -0.25) is 0 Å². The first-order valence-corrected chi connectivity index (χ1v) is 5.72. The molecule has 0 saturated heterocycles. The summed E-state index contributed by atoms with van der Waals surface area (Å²) in [6.45, 7) is 2.75. The minimum atomic E-state index is 0.277. The maximum absolute atomic E-state index is 5.50. The number of nitrogens with two attached hydrogens (primary N) is 1. The maximum Gasteiger partial charge on any atom is 0.315 e. The first kappa shape index (κ1) is 11.3. The molecule has 0 aromatic carbocycles. The van der Waals surface area contributed by atoms with Gasteiger partial charge >= 0.3 is 6.01 Å². The number of ether oxygens (including phenoxy) is 1. The summed E-state index contributed by atoms with van der Waals surface area (Å²) in [6.07, 6.45) is 3.61. The Morgan fingerprint density at radius 2 is 2.31 bits per heavy atom. The first-order valence-electron chi connectivity index (χ1n) is 5.72. The molecule has 6 nitrogen and oxygen atoms in total. The second kappa shape index (κ2) is 5.81. The summed E-state index contributed by atoms with van der Waals surface area (Å²) in [4.78, 5) is 0. The zero-order valence-electron chi connectivity index (χ0n) is 9.32. The van der Waals surface area contributed by atoms with Crippen LogP contribution in [0.1, 0.15) is 25.2 Å². The third-order valence-corrected chi connectivity index (χ3v) is 2.43. The molecule has 0 spiro atoms. The molecule has 0 amide bonds. The summed E-state index contributed by atoms with van der Waals surface area (Å²) < 4.78 is 10.7. The predicted molar refractivity (Wildman–Crippen MR) is 58.8 cm³/mol. The molecule has 0 atom stereocenters. The van der Waals surface area contributed by atoms with Gasteiger partial charge in [0.05, 0.1) is 6.54 Å². The lowest BCUT2D eigenvalue weighted by molar-refractivity contribution is 0.124. The Hall–Kier alpha value is -1.14. The van der Waals surface area contributed by atoms with Crippen molar-refractivity contribution in [2.75, 3.05) is 25.1 Å². The van der Waals surface area contributed by atoms with E-state index in [2.05, 4.69) is 15.5 Å². The molecule has 90 valence electrons. The number of aromatic nitrogens is 2. The molecular weight excluding hydrogens is 208 g/mol. The van der Waals surface area contributed by atoms with Gasteiger partial charge in [-0.1, -0.05) is 5.10 Å². The van der Waals surface area contributed by atoms with Crippen LogP contribution in [-0.4, -0.2) is 30.0 Å². The van der Waals surface area contributed by atoms with E-state index in [0.717, 1.165) is 32.1 Å². The van der Waals surface area contributed by atoms with Crippen LogP contribution in [0.15, 0.2) is 4.42 Å². The zero-order chi connectivity index (χ0) is 11.2. The van der Waals surface area contributed by atoms with E-state index in [0.29, 0.717) is 11.9 Å². The van der Waals surface area contributed by atoms with Crippen molar-refractivity contribution in [3.05, 3.63) is 5.89 Å². The van der Waals surface area contributed by atoms with Gasteiger partial charge in [-0.05, 0) is 25.2 Å². The van der Waals surface area contributed by atoms with Crippen LogP contribution in [0, 0.1) is 5.92 Å². The molecular formula is C10H18N4O2. The van der Waals surface area contributed by atoms with Crippen molar-refractivity contribution < 1.29 is 9.15 Å². The quantitative estimate of drug-likeness (QED) is 0.636. The van der Waals surface area contributed by atoms with Crippen molar-refractivity contribution in [1.82, 2.24) is 10.2 Å². The van der Waals surface area contributed by atoms with E-state index in [1.165, 1.54) is 12.8 Å². The summed E-state index contributed by atoms with van der Waals surface area (Å²) in [7, 11) is 0. The van der Waals surface area contributed by atoms with Crippen LogP contribution in [0.25, 0.3) is 0 Å². The van der Waals surface area contributed by atoms with Crippen LogP contribution in [0.5, 0.6) is 0 Å². The Morgan fingerprint density at radius 1 is 1.44 bits per heavy atom. The van der Waals surface area contributed by atoms with Crippen molar-refractivity contribution in [2.24, 2.45) is 11.7 Å². The van der Waals surface area contributed by atoms with Crippen LogP contribution in [0.4, 0.5) is 6.01 Å². The molecule has 1 fully saturated rings. The molecule has 1 saturated carbocycles. The van der Waals surface area contributed by atoms with Gasteiger partial charge in [-0.15, -0.1) is 5.10 Å². The fourth-order valence-electron chi connectivity index (χ4n) is 1.31. The van der Waals surface area contributed by atoms with Crippen molar-refractivity contribution in [3.8, 4) is 0 Å². The number of nitrogens with one attached hydrogen (secondary N) is 1. The SMILES string of the molecule is NCc1nnc(NCCCOCC2CC2)o1. The summed E-state index contributed by atoms with van der Waals surface area (Å²) in [6, 6.07) is 0.433. The van der Waals surface area contributed by atoms with Gasteiger partial charge in [-0.25, -0.2) is 0 Å². The highest BCUT2D eigenvalue weighted by Gasteiger charge is 2.20. The highest BCUT2D eigenvalue weighted by atomic mass is 16.5. The molecule has 1 aromatic heterocycles. The average molecular weight is 226 g/mol. The van der Waals surface area contributed by atoms with Crippen LogP contribution in [-0.2, 0) is 11.3 Å². The lowest BCUT2D eigenvalue weighted by Crippen LogP contribution is -2.07. The summed E-state index contributed by atoms with van der Waals surface area (Å²) >= 11 is 0. The molecule has 1 aliphatic rings. The van der Waals surface area contributed by atoms with Gasteiger partial charge in [0.15, 0.2) is 0 Å². The van der Waals surface area contributed by atoms with Crippen molar-refractivity contribution >= 4 is 6.01 Å². The molecule has 1 aromatic rings. The minimum Gasteiger partial charge on any atom is -0.407 e. The Labute approximate surface area is 94.6 Å². The van der Waals surface area contributed by atoms with E-state index in [4.69, 9.17) is 14.9 Å². The fourth-order valence-corrected chi connectivity index (χ4v) is 1.31. The number of rotatable bonds is 8. The Balaban J connectivity index is 1.49. The third-order valence-electron chi connectivity index (χ3n) is 2.43. The Morgan fingerprint density at radius 3 is 3.00 bits per heavy atom. The summed E-state index contributed by atoms with van der Waals surface area (Å²) in [5.74, 6) is 1.28. The van der Waals surface area contributed by atoms with Gasteiger partial charge in [0.2, 0.25) is 5.89 Å². The standard InChI is InChI=1S/C10H18N4O2/c11-6-9-13-14-10(16-9)12-4-1-5-15-7-8-2-3-8/h8H,1-7,11H2,(H,12,14). The molecule has 16 heavy (non-hydrogen) atoms. The van der Waals surface area contributed by atoms with Gasteiger partial charge in [0.1, 0.15) is 0 Å². The second-order valence-electron chi connectivity index (χ2n) is 4.00. The third kappa shape index (κ3) is 3.79. The molecule has 0 radical (unpaired) electrons. The molecule has 1 aliphatic carbocycles. The number of hydrogen-bond acceptors (Lipinski definition) is 6. The first-order chi connectivity index (χ1) is 7.88. The molecule has 2 rings (SSSR count). The topological polar surface area (TPSA) is 86.2 Å². The highest BCUT2D eigenvalue weighted by molar-refractivity contribution is 5.16. The van der Waals surface area contributed by atoms with Crippen LogP contribution >= 0.6 is 0 Å². The van der Waals surface area contributed by atoms with Crippen molar-refractivity contribution in [3.63, 3.8) is 0 Å². The Bertz CT molecular complexity index is 312. The van der Waals surface area contributed by atoms with Crippen molar-refractivity contribution in [2.45, 2.75) is 25.8 Å². The van der Waals surface area contributed by atoms with Gasteiger partial charge in [0.25, 0.3) is 0 Å². The predicted octanol–water partition coefficient (Wildman–Crippen LogP) is 0.757. The van der Waals surface area contributed by atoms with E-state index in [1.807, 2.05) is 0 Å². The largest absolute Gasteiger partial charge is 0.407 e. The monoisotopic (exact) mass is 226 g/mol. The molecule has 0 aliphatic heterocycles. The number of nitrogens with zero attached hydrogens (tertiary/aromatic N) is 2. The summed E-state index contributed by atoms with van der Waals surface area (Å²) in [5, 5.41) is 10.6. The van der Waals surface area contributed by atoms with Gasteiger partial charge in [-0.2, -0.15) is 0 Å². The number of anilines is 1. The maximum atomic E-state index is 5.50. The van der Waals surface area contributed by atoms with Crippen LogP contribution in [0.3, 0.4) is 0 Å². The molecule has 1 heterocycles. The average Bonchev–Trinajstić information content (AvgIpc) is 3.01. The lowest BCUT2D eigenvalue weighted by atomic mass is 10.4. The zero-order valence-corrected chi connectivity index (χ0v) is 9.32. The lowest BCUT2D eigenvalue weighted by Gasteiger charge is -2.02.